The van der Waals surface area contributed by atoms with Crippen LogP contribution in [0.2, 0.25) is 0 Å². The van der Waals surface area contributed by atoms with E-state index < -0.39 is 0 Å². The van der Waals surface area contributed by atoms with E-state index in [1.165, 1.54) is 66.3 Å². The van der Waals surface area contributed by atoms with Crippen molar-refractivity contribution >= 4 is 44.3 Å². The van der Waals surface area contributed by atoms with Gasteiger partial charge < -0.3 is 15.5 Å². The second kappa shape index (κ2) is 13.2. The number of para-hydroxylation sites is 1. The molecule has 0 fully saturated rings. The molecule has 10 rings (SSSR count). The van der Waals surface area contributed by atoms with Gasteiger partial charge in [0.1, 0.15) is 12.3 Å². The maximum Gasteiger partial charge on any atom is 0.130 e. The Balaban J connectivity index is 1.06. The molecule has 3 unspecified atom stereocenters. The third-order valence-corrected chi connectivity index (χ3v) is 10.7. The summed E-state index contributed by atoms with van der Waals surface area (Å²) in [4.78, 5) is 2.43. The van der Waals surface area contributed by atoms with Gasteiger partial charge in [0.15, 0.2) is 0 Å². The Hall–Kier alpha value is -6.62. The van der Waals surface area contributed by atoms with Gasteiger partial charge in [-0.05, 0) is 85.9 Å². The Kier molecular flexibility index (Phi) is 7.74. The number of benzene rings is 8. The fraction of sp³-hybridized carbons (Fsp3) is 0.0612. The standard InChI is InChI=1S/C49H38N4/c1-5-14-34(15-6-1)43-32-44(35-16-7-2-8-17-35)51-48(50-43)40-21-13-20-38(30-40)39-27-25-33-24-26-36-28-29-45-47(46(36)42(33)31-39)52-49(37-18-9-3-10-19-37)53(45)41-22-11-4-12-23-41/h1-32,43,48-52H. The molecule has 0 spiro atoms. The highest BCUT2D eigenvalue weighted by atomic mass is 15.3. The summed E-state index contributed by atoms with van der Waals surface area (Å²) in [5.74, 6) is 0. The van der Waals surface area contributed by atoms with Gasteiger partial charge in [0.25, 0.3) is 0 Å². The maximum atomic E-state index is 3.99. The summed E-state index contributed by atoms with van der Waals surface area (Å²) < 4.78 is 0. The molecule has 2 aliphatic rings. The van der Waals surface area contributed by atoms with Crippen LogP contribution < -0.4 is 20.9 Å². The molecule has 2 aliphatic heterocycles. The normalized spacial score (nSPS) is 17.9. The number of rotatable bonds is 6. The summed E-state index contributed by atoms with van der Waals surface area (Å²) in [5.41, 5.74) is 11.9. The lowest BCUT2D eigenvalue weighted by Crippen LogP contribution is -2.39. The van der Waals surface area contributed by atoms with Crippen LogP contribution in [-0.2, 0) is 0 Å². The molecular formula is C49H38N4. The molecule has 8 aromatic rings. The Morgan fingerprint density at radius 2 is 1.06 bits per heavy atom. The monoisotopic (exact) mass is 682 g/mol. The van der Waals surface area contributed by atoms with Crippen LogP contribution in [0, 0.1) is 0 Å². The second-order valence-corrected chi connectivity index (χ2v) is 13.9. The van der Waals surface area contributed by atoms with Crippen LogP contribution >= 0.6 is 0 Å². The van der Waals surface area contributed by atoms with Gasteiger partial charge in [0.2, 0.25) is 0 Å². The van der Waals surface area contributed by atoms with Gasteiger partial charge >= 0.3 is 0 Å². The number of nitrogens with zero attached hydrogens (tertiary/aromatic N) is 1. The molecule has 0 aliphatic carbocycles. The van der Waals surface area contributed by atoms with E-state index in [4.69, 9.17) is 0 Å². The van der Waals surface area contributed by atoms with Crippen LogP contribution in [0.4, 0.5) is 17.1 Å². The molecule has 0 aromatic heterocycles. The van der Waals surface area contributed by atoms with E-state index in [9.17, 15) is 0 Å². The van der Waals surface area contributed by atoms with E-state index in [0.717, 1.165) is 11.4 Å². The van der Waals surface area contributed by atoms with Crippen molar-refractivity contribution in [2.45, 2.75) is 18.4 Å². The van der Waals surface area contributed by atoms with Crippen molar-refractivity contribution in [2.24, 2.45) is 0 Å². The van der Waals surface area contributed by atoms with Gasteiger partial charge in [-0.3, -0.25) is 5.32 Å². The first-order valence-electron chi connectivity index (χ1n) is 18.4. The SMILES string of the molecule is C1=C(c2ccccc2)NC(c2cccc(-c3ccc4ccc5ccc6c(c5c4c3)NC(c3ccccc3)N6c3ccccc3)c2)NC1c1ccccc1. The fourth-order valence-corrected chi connectivity index (χ4v) is 8.11. The van der Waals surface area contributed by atoms with Gasteiger partial charge in [-0.2, -0.15) is 0 Å². The molecule has 0 bridgehead atoms. The largest absolute Gasteiger partial charge is 0.366 e. The van der Waals surface area contributed by atoms with Crippen molar-refractivity contribution in [3.05, 3.63) is 216 Å². The van der Waals surface area contributed by atoms with Crippen molar-refractivity contribution in [3.8, 4) is 11.1 Å². The van der Waals surface area contributed by atoms with E-state index in [-0.39, 0.29) is 18.4 Å². The lowest BCUT2D eigenvalue weighted by atomic mass is 9.94. The molecule has 0 amide bonds. The molecule has 0 saturated carbocycles. The Bertz CT molecular complexity index is 2600. The molecule has 0 radical (unpaired) electrons. The molecule has 4 heteroatoms. The minimum absolute atomic E-state index is 0.0284. The Labute approximate surface area is 310 Å². The minimum atomic E-state index is -0.0759. The first-order valence-corrected chi connectivity index (χ1v) is 18.4. The average molecular weight is 683 g/mol. The molecule has 8 aromatic carbocycles. The summed E-state index contributed by atoms with van der Waals surface area (Å²) in [7, 11) is 0. The van der Waals surface area contributed by atoms with Gasteiger partial charge in [0, 0.05) is 16.8 Å². The maximum absolute atomic E-state index is 3.99. The highest BCUT2D eigenvalue weighted by molar-refractivity contribution is 6.18. The predicted octanol–water partition coefficient (Wildman–Crippen LogP) is 11.9. The third-order valence-electron chi connectivity index (χ3n) is 10.7. The number of fused-ring (bicyclic) bond motifs is 5. The van der Waals surface area contributed by atoms with Crippen LogP contribution in [0.25, 0.3) is 38.4 Å². The fourth-order valence-electron chi connectivity index (χ4n) is 8.11. The summed E-state index contributed by atoms with van der Waals surface area (Å²) in [5, 5.41) is 16.6. The van der Waals surface area contributed by atoms with Gasteiger partial charge in [0.05, 0.1) is 17.4 Å². The van der Waals surface area contributed by atoms with Gasteiger partial charge in [-0.1, -0.05) is 158 Å². The third kappa shape index (κ3) is 5.70. The summed E-state index contributed by atoms with van der Waals surface area (Å²) in [6.07, 6.45) is 2.19. The zero-order valence-corrected chi connectivity index (χ0v) is 29.2. The van der Waals surface area contributed by atoms with Crippen molar-refractivity contribution in [2.75, 3.05) is 10.2 Å². The Morgan fingerprint density at radius 1 is 0.453 bits per heavy atom. The quantitative estimate of drug-likeness (QED) is 0.153. The second-order valence-electron chi connectivity index (χ2n) is 13.9. The predicted molar refractivity (Wildman–Crippen MR) is 221 cm³/mol. The van der Waals surface area contributed by atoms with Crippen molar-refractivity contribution in [3.63, 3.8) is 0 Å². The number of anilines is 3. The van der Waals surface area contributed by atoms with Crippen LogP contribution in [0.5, 0.6) is 0 Å². The van der Waals surface area contributed by atoms with Crippen molar-refractivity contribution in [1.29, 1.82) is 0 Å². The van der Waals surface area contributed by atoms with Crippen molar-refractivity contribution in [1.82, 2.24) is 10.6 Å². The topological polar surface area (TPSA) is 39.3 Å². The smallest absolute Gasteiger partial charge is 0.130 e. The lowest BCUT2D eigenvalue weighted by molar-refractivity contribution is 0.443. The zero-order chi connectivity index (χ0) is 35.1. The minimum Gasteiger partial charge on any atom is -0.366 e. The van der Waals surface area contributed by atoms with E-state index >= 15 is 0 Å². The van der Waals surface area contributed by atoms with E-state index in [1.54, 1.807) is 0 Å². The number of nitrogens with one attached hydrogen (secondary N) is 3. The average Bonchev–Trinajstić information content (AvgIpc) is 3.64. The molecule has 3 N–H and O–H groups in total. The zero-order valence-electron chi connectivity index (χ0n) is 29.2. The van der Waals surface area contributed by atoms with Gasteiger partial charge in [-0.25, -0.2) is 0 Å². The highest BCUT2D eigenvalue weighted by Gasteiger charge is 2.33. The van der Waals surface area contributed by atoms with Crippen LogP contribution in [0.1, 0.15) is 40.6 Å². The number of hydrogen-bond donors (Lipinski definition) is 3. The summed E-state index contributed by atoms with van der Waals surface area (Å²) in [6, 6.07) is 67.7. The molecule has 3 atom stereocenters. The van der Waals surface area contributed by atoms with Crippen LogP contribution in [0.15, 0.2) is 194 Å². The molecule has 4 nitrogen and oxygen atoms in total. The van der Waals surface area contributed by atoms with E-state index in [1.807, 2.05) is 0 Å². The molecule has 254 valence electrons. The molecule has 2 heterocycles. The lowest BCUT2D eigenvalue weighted by Gasteiger charge is -2.33. The van der Waals surface area contributed by atoms with Crippen LogP contribution in [-0.4, -0.2) is 0 Å². The molecule has 0 saturated heterocycles. The first kappa shape index (κ1) is 31.1. The number of hydrogen-bond acceptors (Lipinski definition) is 4. The molecule has 53 heavy (non-hydrogen) atoms. The van der Waals surface area contributed by atoms with Crippen molar-refractivity contribution < 1.29 is 0 Å². The highest BCUT2D eigenvalue weighted by Crippen LogP contribution is 2.50. The van der Waals surface area contributed by atoms with Gasteiger partial charge in [-0.15, -0.1) is 0 Å². The van der Waals surface area contributed by atoms with E-state index in [2.05, 4.69) is 215 Å². The summed E-state index contributed by atoms with van der Waals surface area (Å²) >= 11 is 0. The first-order chi connectivity index (χ1) is 26.3. The Morgan fingerprint density at radius 3 is 1.83 bits per heavy atom. The molecular weight excluding hydrogens is 645 g/mol. The van der Waals surface area contributed by atoms with Crippen LogP contribution in [0.3, 0.4) is 0 Å². The van der Waals surface area contributed by atoms with E-state index in [0.29, 0.717) is 0 Å². The summed E-state index contributed by atoms with van der Waals surface area (Å²) in [6.45, 7) is 0.